The molecule has 0 amide bonds. The van der Waals surface area contributed by atoms with E-state index in [-0.39, 0.29) is 31.1 Å². The fraction of sp³-hybridized carbons (Fsp3) is 0.707. The van der Waals surface area contributed by atoms with Gasteiger partial charge in [-0.15, -0.1) is 0 Å². The molecule has 0 rings (SSSR count). The van der Waals surface area contributed by atoms with E-state index >= 15 is 0 Å². The van der Waals surface area contributed by atoms with Crippen LogP contribution in [0, 0.1) is 0 Å². The van der Waals surface area contributed by atoms with E-state index in [2.05, 4.69) is 69.4 Å². The molecule has 0 aliphatic carbocycles. The third kappa shape index (κ3) is 49.6. The van der Waals surface area contributed by atoms with Crippen molar-refractivity contribution in [3.8, 4) is 0 Å². The maximum atomic E-state index is 12.8. The number of rotatable bonds is 47. The van der Waals surface area contributed by atoms with Crippen molar-refractivity contribution in [3.05, 3.63) is 85.1 Å². The first-order valence-corrected chi connectivity index (χ1v) is 26.7. The number of esters is 3. The molecule has 0 heterocycles. The Bertz CT molecular complexity index is 1250. The van der Waals surface area contributed by atoms with E-state index in [9.17, 15) is 14.4 Å². The maximum Gasteiger partial charge on any atom is 0.306 e. The lowest BCUT2D eigenvalue weighted by Gasteiger charge is -2.18. The summed E-state index contributed by atoms with van der Waals surface area (Å²) in [5.74, 6) is -0.953. The number of unbranched alkanes of at least 4 members (excludes halogenated alkanes) is 27. The van der Waals surface area contributed by atoms with E-state index in [1.54, 1.807) is 0 Å². The van der Waals surface area contributed by atoms with Crippen molar-refractivity contribution >= 4 is 17.9 Å². The van der Waals surface area contributed by atoms with E-state index < -0.39 is 6.10 Å². The van der Waals surface area contributed by atoms with Gasteiger partial charge in [0.15, 0.2) is 6.10 Å². The van der Waals surface area contributed by atoms with Gasteiger partial charge < -0.3 is 14.2 Å². The van der Waals surface area contributed by atoms with Crippen molar-refractivity contribution < 1.29 is 28.6 Å². The summed E-state index contributed by atoms with van der Waals surface area (Å²) in [5.41, 5.74) is 0. The van der Waals surface area contributed by atoms with Gasteiger partial charge in [0.05, 0.1) is 0 Å². The standard InChI is InChI=1S/C58H98O6/c1-4-7-10-13-16-19-22-25-27-28-29-31-33-36-39-42-45-48-51-57(60)63-54-55(53-62-56(59)50-47-44-41-38-35-32-24-21-18-15-12-9-6-3)64-58(61)52-49-46-43-40-37-34-30-26-23-20-17-14-11-8-5-2/h9,12,15,18,21-22,24-25,27-29,31-32,35,55H,4-8,10-11,13-14,16-17,19-20,23,26,30,33-34,36-54H2,1-3H3/b12-9+,18-15+,24-21+,25-22+,28-27+,31-29+,35-32+. The molecule has 0 aliphatic rings. The van der Waals surface area contributed by atoms with Gasteiger partial charge in [-0.25, -0.2) is 0 Å². The van der Waals surface area contributed by atoms with Gasteiger partial charge in [-0.3, -0.25) is 14.4 Å². The normalized spacial score (nSPS) is 12.7. The Morgan fingerprint density at radius 1 is 0.328 bits per heavy atom. The maximum absolute atomic E-state index is 12.8. The van der Waals surface area contributed by atoms with Crippen LogP contribution >= 0.6 is 0 Å². The molecule has 0 radical (unpaired) electrons. The fourth-order valence-electron chi connectivity index (χ4n) is 7.28. The Morgan fingerprint density at radius 2 is 0.609 bits per heavy atom. The van der Waals surface area contributed by atoms with Gasteiger partial charge in [-0.05, 0) is 64.2 Å². The van der Waals surface area contributed by atoms with Crippen LogP contribution in [0.5, 0.6) is 0 Å². The summed E-state index contributed by atoms with van der Waals surface area (Å²) >= 11 is 0. The summed E-state index contributed by atoms with van der Waals surface area (Å²) in [7, 11) is 0. The van der Waals surface area contributed by atoms with Crippen molar-refractivity contribution in [1.82, 2.24) is 0 Å². The molecule has 6 heteroatoms. The van der Waals surface area contributed by atoms with Crippen LogP contribution in [0.25, 0.3) is 0 Å². The second-order valence-electron chi connectivity index (χ2n) is 17.6. The zero-order valence-corrected chi connectivity index (χ0v) is 41.8. The van der Waals surface area contributed by atoms with Gasteiger partial charge in [-0.1, -0.05) is 247 Å². The first-order valence-electron chi connectivity index (χ1n) is 26.7. The molecular weight excluding hydrogens is 793 g/mol. The minimum Gasteiger partial charge on any atom is -0.462 e. The Kier molecular flexibility index (Phi) is 49.4. The quantitative estimate of drug-likeness (QED) is 0.0262. The Morgan fingerprint density at radius 3 is 0.969 bits per heavy atom. The molecule has 0 aromatic rings. The molecule has 366 valence electrons. The molecule has 0 aromatic heterocycles. The predicted octanol–water partition coefficient (Wildman–Crippen LogP) is 17.6. The summed E-state index contributed by atoms with van der Waals surface area (Å²) in [6, 6.07) is 0. The highest BCUT2D eigenvalue weighted by Gasteiger charge is 2.19. The molecule has 6 nitrogen and oxygen atoms in total. The third-order valence-corrected chi connectivity index (χ3v) is 11.3. The second-order valence-corrected chi connectivity index (χ2v) is 17.6. The monoisotopic (exact) mass is 891 g/mol. The molecule has 1 unspecified atom stereocenters. The average molecular weight is 891 g/mol. The molecule has 64 heavy (non-hydrogen) atoms. The number of hydrogen-bond donors (Lipinski definition) is 0. The topological polar surface area (TPSA) is 78.9 Å². The van der Waals surface area contributed by atoms with E-state index in [4.69, 9.17) is 14.2 Å². The summed E-state index contributed by atoms with van der Waals surface area (Å²) in [6.45, 7) is 6.44. The highest BCUT2D eigenvalue weighted by atomic mass is 16.6. The molecule has 0 aromatic carbocycles. The van der Waals surface area contributed by atoms with E-state index in [0.717, 1.165) is 96.3 Å². The zero-order valence-electron chi connectivity index (χ0n) is 41.8. The van der Waals surface area contributed by atoms with Gasteiger partial charge in [0, 0.05) is 19.3 Å². The molecule has 0 saturated heterocycles. The summed E-state index contributed by atoms with van der Waals surface area (Å²) in [5, 5.41) is 0. The van der Waals surface area contributed by atoms with Crippen LogP contribution in [-0.4, -0.2) is 37.2 Å². The van der Waals surface area contributed by atoms with Crippen LogP contribution in [0.3, 0.4) is 0 Å². The first kappa shape index (κ1) is 60.6. The van der Waals surface area contributed by atoms with Crippen LogP contribution in [0.2, 0.25) is 0 Å². The van der Waals surface area contributed by atoms with Crippen molar-refractivity contribution in [3.63, 3.8) is 0 Å². The van der Waals surface area contributed by atoms with E-state index in [0.29, 0.717) is 19.3 Å². The van der Waals surface area contributed by atoms with Crippen molar-refractivity contribution in [1.29, 1.82) is 0 Å². The van der Waals surface area contributed by atoms with Crippen LogP contribution in [0.1, 0.15) is 245 Å². The lowest BCUT2D eigenvalue weighted by Crippen LogP contribution is -2.30. The molecule has 0 N–H and O–H groups in total. The molecule has 0 bridgehead atoms. The Hall–Kier alpha value is -3.41. The zero-order chi connectivity index (χ0) is 46.5. The molecule has 0 fully saturated rings. The van der Waals surface area contributed by atoms with Gasteiger partial charge in [0.25, 0.3) is 0 Å². The third-order valence-electron chi connectivity index (χ3n) is 11.3. The van der Waals surface area contributed by atoms with E-state index in [1.165, 1.54) is 109 Å². The van der Waals surface area contributed by atoms with E-state index in [1.807, 2.05) is 36.5 Å². The molecule has 0 spiro atoms. The average Bonchev–Trinajstić information content (AvgIpc) is 3.29. The predicted molar refractivity (Wildman–Crippen MR) is 274 cm³/mol. The Balaban J connectivity index is 4.46. The SMILES string of the molecule is CC/C=C/C=C/C=C/C=C/CCCCCC(=O)OCC(COC(=O)CCCCCCC/C=C/C=C/C=C/CCCCCCC)OC(=O)CCCCCCCCCCCCCCCCC. The summed E-state index contributed by atoms with van der Waals surface area (Å²) in [4.78, 5) is 38.0. The summed E-state index contributed by atoms with van der Waals surface area (Å²) in [6.07, 6.45) is 67.1. The first-order chi connectivity index (χ1) is 31.5. The largest absolute Gasteiger partial charge is 0.462 e. The van der Waals surface area contributed by atoms with Gasteiger partial charge in [0.1, 0.15) is 13.2 Å². The van der Waals surface area contributed by atoms with Crippen molar-refractivity contribution in [2.45, 2.75) is 252 Å². The van der Waals surface area contributed by atoms with Gasteiger partial charge >= 0.3 is 17.9 Å². The smallest absolute Gasteiger partial charge is 0.306 e. The molecule has 0 saturated carbocycles. The fourth-order valence-corrected chi connectivity index (χ4v) is 7.28. The Labute approximate surface area is 395 Å². The van der Waals surface area contributed by atoms with Crippen molar-refractivity contribution in [2.24, 2.45) is 0 Å². The number of carbonyl (C=O) groups excluding carboxylic acids is 3. The van der Waals surface area contributed by atoms with Gasteiger partial charge in [-0.2, -0.15) is 0 Å². The minimum atomic E-state index is -0.799. The molecule has 1 atom stereocenters. The number of hydrogen-bond acceptors (Lipinski definition) is 6. The van der Waals surface area contributed by atoms with Crippen LogP contribution in [-0.2, 0) is 28.6 Å². The summed E-state index contributed by atoms with van der Waals surface area (Å²) < 4.78 is 16.8. The highest BCUT2D eigenvalue weighted by molar-refractivity contribution is 5.71. The second kappa shape index (κ2) is 52.2. The van der Waals surface area contributed by atoms with Crippen molar-refractivity contribution in [2.75, 3.05) is 13.2 Å². The minimum absolute atomic E-state index is 0.0989. The lowest BCUT2D eigenvalue weighted by atomic mass is 10.0. The van der Waals surface area contributed by atoms with Crippen LogP contribution in [0.4, 0.5) is 0 Å². The number of ether oxygens (including phenoxy) is 3. The number of allylic oxidation sites excluding steroid dienone is 14. The van der Waals surface area contributed by atoms with Crippen LogP contribution in [0.15, 0.2) is 85.1 Å². The number of carbonyl (C=O) groups is 3. The lowest BCUT2D eigenvalue weighted by molar-refractivity contribution is -0.167. The molecule has 0 aliphatic heterocycles. The van der Waals surface area contributed by atoms with Crippen LogP contribution < -0.4 is 0 Å². The van der Waals surface area contributed by atoms with Gasteiger partial charge in [0.2, 0.25) is 0 Å². The molecular formula is C58H98O6. The highest BCUT2D eigenvalue weighted by Crippen LogP contribution is 2.15.